The third-order valence-corrected chi connectivity index (χ3v) is 4.34. The Balaban J connectivity index is 0.00000364. The fourth-order valence-electron chi connectivity index (χ4n) is 2.87. The van der Waals surface area contributed by atoms with Crippen LogP contribution < -0.4 is 5.32 Å². The molecule has 1 aliphatic rings. The normalized spacial score (nSPS) is 15.6. The number of rotatable bonds is 7. The minimum atomic E-state index is -0.0774. The fraction of sp³-hybridized carbons (Fsp3) is 0.778. The van der Waals surface area contributed by atoms with Crippen molar-refractivity contribution < 1.29 is 14.1 Å². The summed E-state index contributed by atoms with van der Waals surface area (Å²) in [5.74, 6) is 2.41. The Hall–Kier alpha value is -1.39. The van der Waals surface area contributed by atoms with Crippen LogP contribution in [0.2, 0.25) is 0 Å². The monoisotopic (exact) mass is 493 g/mol. The molecule has 0 aromatic carbocycles. The van der Waals surface area contributed by atoms with Crippen molar-refractivity contribution in [2.24, 2.45) is 10.9 Å². The number of guanidine groups is 1. The van der Waals surface area contributed by atoms with Gasteiger partial charge in [0.25, 0.3) is 0 Å². The van der Waals surface area contributed by atoms with Gasteiger partial charge in [0.05, 0.1) is 19.1 Å². The number of nitrogens with zero attached hydrogens (tertiary/aromatic N) is 4. The van der Waals surface area contributed by atoms with E-state index >= 15 is 0 Å². The lowest BCUT2D eigenvalue weighted by Crippen LogP contribution is -2.46. The van der Waals surface area contributed by atoms with Crippen LogP contribution in [0.5, 0.6) is 0 Å². The summed E-state index contributed by atoms with van der Waals surface area (Å²) in [7, 11) is 0. The van der Waals surface area contributed by atoms with Crippen LogP contribution in [0.25, 0.3) is 0 Å². The highest BCUT2D eigenvalue weighted by Gasteiger charge is 2.27. The molecular formula is C18H32IN5O3. The molecular weight excluding hydrogens is 461 g/mol. The molecule has 1 aliphatic heterocycles. The van der Waals surface area contributed by atoms with Gasteiger partial charge in [-0.1, -0.05) is 19.0 Å². The van der Waals surface area contributed by atoms with E-state index in [0.717, 1.165) is 44.3 Å². The van der Waals surface area contributed by atoms with Gasteiger partial charge in [0, 0.05) is 32.0 Å². The van der Waals surface area contributed by atoms with Crippen molar-refractivity contribution in [2.75, 3.05) is 32.8 Å². The van der Waals surface area contributed by atoms with Crippen LogP contribution in [-0.2, 0) is 16.0 Å². The molecule has 0 atom stereocenters. The van der Waals surface area contributed by atoms with Crippen molar-refractivity contribution in [3.63, 3.8) is 0 Å². The first-order valence-corrected chi connectivity index (χ1v) is 9.57. The molecule has 1 saturated heterocycles. The van der Waals surface area contributed by atoms with Crippen molar-refractivity contribution in [1.29, 1.82) is 0 Å². The van der Waals surface area contributed by atoms with Gasteiger partial charge in [0.1, 0.15) is 0 Å². The molecule has 1 N–H and O–H groups in total. The summed E-state index contributed by atoms with van der Waals surface area (Å²) in [6, 6.07) is 0. The number of carbonyl (C=O) groups is 1. The lowest BCUT2D eigenvalue weighted by atomic mass is 9.97. The Morgan fingerprint density at radius 3 is 2.63 bits per heavy atom. The highest BCUT2D eigenvalue weighted by atomic mass is 127. The highest BCUT2D eigenvalue weighted by Crippen LogP contribution is 2.19. The number of likely N-dealkylation sites (tertiary alicyclic amines) is 1. The second-order valence-corrected chi connectivity index (χ2v) is 6.70. The predicted octanol–water partition coefficient (Wildman–Crippen LogP) is 2.59. The maximum atomic E-state index is 11.9. The molecule has 0 bridgehead atoms. The van der Waals surface area contributed by atoms with Crippen molar-refractivity contribution in [3.05, 3.63) is 11.7 Å². The molecule has 0 unspecified atom stereocenters. The van der Waals surface area contributed by atoms with Crippen LogP contribution in [0.1, 0.15) is 58.2 Å². The average molecular weight is 493 g/mol. The summed E-state index contributed by atoms with van der Waals surface area (Å²) in [6.07, 6.45) is 2.21. The Kier molecular flexibility index (Phi) is 10.6. The van der Waals surface area contributed by atoms with Crippen LogP contribution in [0.15, 0.2) is 9.52 Å². The van der Waals surface area contributed by atoms with Gasteiger partial charge in [-0.2, -0.15) is 4.98 Å². The zero-order valence-corrected chi connectivity index (χ0v) is 19.1. The summed E-state index contributed by atoms with van der Waals surface area (Å²) in [5.41, 5.74) is 0. The largest absolute Gasteiger partial charge is 0.466 e. The minimum absolute atomic E-state index is 0. The van der Waals surface area contributed by atoms with E-state index in [1.54, 1.807) is 0 Å². The van der Waals surface area contributed by atoms with E-state index in [0.29, 0.717) is 25.5 Å². The van der Waals surface area contributed by atoms with Gasteiger partial charge in [0.2, 0.25) is 5.89 Å². The van der Waals surface area contributed by atoms with Crippen LogP contribution in [-0.4, -0.2) is 59.8 Å². The molecule has 2 heterocycles. The third-order valence-electron chi connectivity index (χ3n) is 4.34. The van der Waals surface area contributed by atoms with Crippen molar-refractivity contribution in [3.8, 4) is 0 Å². The van der Waals surface area contributed by atoms with Gasteiger partial charge in [-0.3, -0.25) is 9.79 Å². The van der Waals surface area contributed by atoms with Crippen molar-refractivity contribution in [1.82, 2.24) is 20.4 Å². The number of ether oxygens (including phenoxy) is 1. The molecule has 0 saturated carbocycles. The first-order chi connectivity index (χ1) is 12.5. The van der Waals surface area contributed by atoms with E-state index in [9.17, 15) is 4.79 Å². The number of nitrogens with one attached hydrogen (secondary N) is 1. The topological polar surface area (TPSA) is 92.9 Å². The third kappa shape index (κ3) is 7.27. The van der Waals surface area contributed by atoms with Gasteiger partial charge in [0.15, 0.2) is 11.8 Å². The second-order valence-electron chi connectivity index (χ2n) is 6.70. The second kappa shape index (κ2) is 12.1. The molecule has 0 aliphatic carbocycles. The molecule has 1 aromatic rings. The lowest BCUT2D eigenvalue weighted by Gasteiger charge is -2.33. The van der Waals surface area contributed by atoms with Gasteiger partial charge in [-0.05, 0) is 26.7 Å². The van der Waals surface area contributed by atoms with E-state index in [4.69, 9.17) is 9.26 Å². The molecule has 1 aromatic heterocycles. The van der Waals surface area contributed by atoms with E-state index in [1.165, 1.54) is 0 Å². The SMILES string of the molecule is CCNC(=NCCc1nc(C(C)C)no1)N1CCC(C(=O)OCC)CC1.I. The number of halogens is 1. The molecule has 1 fully saturated rings. The van der Waals surface area contributed by atoms with Crippen LogP contribution in [0.4, 0.5) is 0 Å². The Bertz CT molecular complexity index is 598. The maximum absolute atomic E-state index is 11.9. The molecule has 9 heteroatoms. The average Bonchev–Trinajstić information content (AvgIpc) is 3.11. The Labute approximate surface area is 178 Å². The van der Waals surface area contributed by atoms with Crippen molar-refractivity contribution in [2.45, 2.75) is 52.9 Å². The smallest absolute Gasteiger partial charge is 0.309 e. The van der Waals surface area contributed by atoms with E-state index in [1.807, 2.05) is 27.7 Å². The zero-order valence-electron chi connectivity index (χ0n) is 16.7. The number of hydrogen-bond donors (Lipinski definition) is 1. The zero-order chi connectivity index (χ0) is 18.9. The quantitative estimate of drug-likeness (QED) is 0.270. The number of esters is 1. The fourth-order valence-corrected chi connectivity index (χ4v) is 2.87. The molecule has 27 heavy (non-hydrogen) atoms. The van der Waals surface area contributed by atoms with Crippen LogP contribution in [0.3, 0.4) is 0 Å². The number of hydrogen-bond acceptors (Lipinski definition) is 6. The Morgan fingerprint density at radius 2 is 2.07 bits per heavy atom. The standard InChI is InChI=1S/C18H31N5O3.HI/c1-5-19-18(20-10-7-15-21-16(13(3)4)22-26-15)23-11-8-14(9-12-23)17(24)25-6-2;/h13-14H,5-12H2,1-4H3,(H,19,20);1H. The summed E-state index contributed by atoms with van der Waals surface area (Å²) in [6.45, 7) is 11.4. The molecule has 154 valence electrons. The predicted molar refractivity (Wildman–Crippen MR) is 114 cm³/mol. The summed E-state index contributed by atoms with van der Waals surface area (Å²) in [4.78, 5) is 23.1. The van der Waals surface area contributed by atoms with E-state index < -0.39 is 0 Å². The number of carbonyl (C=O) groups excluding carboxylic acids is 1. The number of aromatic nitrogens is 2. The highest BCUT2D eigenvalue weighted by molar-refractivity contribution is 14.0. The van der Waals surface area contributed by atoms with Gasteiger partial charge < -0.3 is 19.5 Å². The van der Waals surface area contributed by atoms with E-state index in [2.05, 4.69) is 25.3 Å². The molecule has 8 nitrogen and oxygen atoms in total. The maximum Gasteiger partial charge on any atom is 0.309 e. The van der Waals surface area contributed by atoms with Gasteiger partial charge in [-0.15, -0.1) is 24.0 Å². The summed E-state index contributed by atoms with van der Waals surface area (Å²) in [5, 5.41) is 7.30. The number of aliphatic imine (C=N–C) groups is 1. The van der Waals surface area contributed by atoms with Crippen LogP contribution >= 0.6 is 24.0 Å². The molecule has 0 spiro atoms. The summed E-state index contributed by atoms with van der Waals surface area (Å²) < 4.78 is 10.4. The molecule has 0 amide bonds. The number of piperidine rings is 1. The Morgan fingerprint density at radius 1 is 1.37 bits per heavy atom. The first kappa shape index (κ1) is 23.6. The molecule has 2 rings (SSSR count). The van der Waals surface area contributed by atoms with Crippen LogP contribution in [0, 0.1) is 5.92 Å². The lowest BCUT2D eigenvalue weighted by molar-refractivity contribution is -0.149. The van der Waals surface area contributed by atoms with E-state index in [-0.39, 0.29) is 41.8 Å². The molecule has 0 radical (unpaired) electrons. The van der Waals surface area contributed by atoms with Gasteiger partial charge in [-0.25, -0.2) is 0 Å². The summed E-state index contributed by atoms with van der Waals surface area (Å²) >= 11 is 0. The first-order valence-electron chi connectivity index (χ1n) is 9.57. The van der Waals surface area contributed by atoms with Gasteiger partial charge >= 0.3 is 5.97 Å². The van der Waals surface area contributed by atoms with Crippen molar-refractivity contribution >= 4 is 35.9 Å². The minimum Gasteiger partial charge on any atom is -0.466 e.